The van der Waals surface area contributed by atoms with Crippen molar-refractivity contribution < 1.29 is 4.79 Å². The molecule has 0 spiro atoms. The summed E-state index contributed by atoms with van der Waals surface area (Å²) in [5.74, 6) is -0.0168. The minimum atomic E-state index is -0.0168. The van der Waals surface area contributed by atoms with Crippen molar-refractivity contribution in [2.75, 3.05) is 18.4 Å². The summed E-state index contributed by atoms with van der Waals surface area (Å²) in [6.07, 6.45) is 4.27. The molecule has 0 aliphatic carbocycles. The van der Waals surface area contributed by atoms with Crippen molar-refractivity contribution in [3.05, 3.63) is 52.8 Å². The van der Waals surface area contributed by atoms with Gasteiger partial charge < -0.3 is 9.88 Å². The van der Waals surface area contributed by atoms with Gasteiger partial charge in [0.1, 0.15) is 0 Å². The van der Waals surface area contributed by atoms with E-state index in [0.29, 0.717) is 23.3 Å². The third kappa shape index (κ3) is 3.59. The first kappa shape index (κ1) is 16.1. The largest absolute Gasteiger partial charge is 0.353 e. The highest BCUT2D eigenvalue weighted by Crippen LogP contribution is 2.31. The van der Waals surface area contributed by atoms with Crippen molar-refractivity contribution in [2.45, 2.75) is 25.8 Å². The quantitative estimate of drug-likeness (QED) is 0.926. The number of aromatic nitrogens is 1. The fourth-order valence-electron chi connectivity index (χ4n) is 3.27. The van der Waals surface area contributed by atoms with E-state index in [0.717, 1.165) is 24.9 Å². The Hall–Kier alpha value is -1.78. The molecule has 1 atom stereocenters. The molecule has 1 N–H and O–H groups in total. The van der Waals surface area contributed by atoms with Crippen LogP contribution in [0.5, 0.6) is 0 Å². The van der Waals surface area contributed by atoms with Gasteiger partial charge in [-0.25, -0.2) is 0 Å². The Kier molecular flexibility index (Phi) is 4.74. The van der Waals surface area contributed by atoms with Gasteiger partial charge in [-0.3, -0.25) is 9.69 Å². The molecule has 1 fully saturated rings. The van der Waals surface area contributed by atoms with E-state index in [9.17, 15) is 4.79 Å². The molecule has 1 aliphatic rings. The van der Waals surface area contributed by atoms with E-state index < -0.39 is 0 Å². The lowest BCUT2D eigenvalue weighted by Gasteiger charge is -2.24. The maximum atomic E-state index is 12.4. The number of carbonyl (C=O) groups excluding carboxylic acids is 1. The number of nitrogens with one attached hydrogen (secondary N) is 1. The number of likely N-dealkylation sites (tertiary alicyclic amines) is 1. The van der Waals surface area contributed by atoms with E-state index in [1.807, 2.05) is 25.1 Å². The first-order valence-corrected chi connectivity index (χ1v) is 8.33. The second-order valence-corrected chi connectivity index (χ2v) is 6.61. The second-order valence-electron chi connectivity index (χ2n) is 6.20. The second kappa shape index (κ2) is 6.77. The molecule has 1 aliphatic heterocycles. The lowest BCUT2D eigenvalue weighted by atomic mass is 10.1. The van der Waals surface area contributed by atoms with Crippen LogP contribution in [0.2, 0.25) is 5.02 Å². The molecule has 0 saturated carbocycles. The van der Waals surface area contributed by atoms with Crippen LogP contribution in [0.25, 0.3) is 0 Å². The van der Waals surface area contributed by atoms with Crippen molar-refractivity contribution >= 4 is 23.2 Å². The van der Waals surface area contributed by atoms with Gasteiger partial charge in [0, 0.05) is 18.9 Å². The standard InChI is InChI=1S/C18H22ClN3O/c1-13-7-8-15(14(19)11-13)20-18(23)12-22-10-4-6-17(22)16-5-3-9-21(16)2/h3,5,7-9,11,17H,4,6,10,12H2,1-2H3,(H,20,23)/t17-/m1/s1. The Morgan fingerprint density at radius 1 is 1.39 bits per heavy atom. The number of halogens is 1. The average Bonchev–Trinajstić information content (AvgIpc) is 3.10. The number of rotatable bonds is 4. The van der Waals surface area contributed by atoms with Crippen LogP contribution in [0.15, 0.2) is 36.5 Å². The van der Waals surface area contributed by atoms with Crippen LogP contribution in [0.3, 0.4) is 0 Å². The van der Waals surface area contributed by atoms with Gasteiger partial charge in [-0.1, -0.05) is 17.7 Å². The molecule has 1 saturated heterocycles. The Morgan fingerprint density at radius 2 is 2.22 bits per heavy atom. The maximum absolute atomic E-state index is 12.4. The molecule has 2 heterocycles. The third-order valence-electron chi connectivity index (χ3n) is 4.43. The smallest absolute Gasteiger partial charge is 0.238 e. The van der Waals surface area contributed by atoms with Crippen LogP contribution in [0, 0.1) is 6.92 Å². The predicted molar refractivity (Wildman–Crippen MR) is 93.8 cm³/mol. The molecule has 0 unspecified atom stereocenters. The van der Waals surface area contributed by atoms with Crippen LogP contribution < -0.4 is 5.32 Å². The lowest BCUT2D eigenvalue weighted by Crippen LogP contribution is -2.33. The zero-order valence-corrected chi connectivity index (χ0v) is 14.3. The van der Waals surface area contributed by atoms with E-state index in [4.69, 9.17) is 11.6 Å². The molecule has 1 aromatic carbocycles. The molecule has 4 nitrogen and oxygen atoms in total. The first-order valence-electron chi connectivity index (χ1n) is 7.96. The van der Waals surface area contributed by atoms with Gasteiger partial charge in [0.05, 0.1) is 23.3 Å². The van der Waals surface area contributed by atoms with Crippen molar-refractivity contribution in [3.63, 3.8) is 0 Å². The Morgan fingerprint density at radius 3 is 2.91 bits per heavy atom. The fraction of sp³-hybridized carbons (Fsp3) is 0.389. The van der Waals surface area contributed by atoms with Gasteiger partial charge in [-0.2, -0.15) is 0 Å². The van der Waals surface area contributed by atoms with Crippen molar-refractivity contribution in [2.24, 2.45) is 7.05 Å². The molecule has 2 aromatic rings. The highest BCUT2D eigenvalue weighted by molar-refractivity contribution is 6.33. The lowest BCUT2D eigenvalue weighted by molar-refractivity contribution is -0.117. The number of carbonyl (C=O) groups is 1. The number of anilines is 1. The first-order chi connectivity index (χ1) is 11.0. The van der Waals surface area contributed by atoms with Gasteiger partial charge in [0.2, 0.25) is 5.91 Å². The molecular weight excluding hydrogens is 310 g/mol. The molecule has 0 bridgehead atoms. The molecule has 1 amide bonds. The molecule has 122 valence electrons. The number of hydrogen-bond acceptors (Lipinski definition) is 2. The van der Waals surface area contributed by atoms with E-state index in [-0.39, 0.29) is 5.91 Å². The van der Waals surface area contributed by atoms with E-state index in [2.05, 4.69) is 40.2 Å². The minimum absolute atomic E-state index is 0.0168. The number of benzene rings is 1. The summed E-state index contributed by atoms with van der Waals surface area (Å²) >= 11 is 6.19. The van der Waals surface area contributed by atoms with Crippen molar-refractivity contribution in [3.8, 4) is 0 Å². The zero-order valence-electron chi connectivity index (χ0n) is 13.6. The topological polar surface area (TPSA) is 37.3 Å². The molecule has 0 radical (unpaired) electrons. The van der Waals surface area contributed by atoms with Gasteiger partial charge in [-0.15, -0.1) is 0 Å². The van der Waals surface area contributed by atoms with Crippen molar-refractivity contribution in [1.82, 2.24) is 9.47 Å². The van der Waals surface area contributed by atoms with Crippen LogP contribution in [-0.2, 0) is 11.8 Å². The zero-order chi connectivity index (χ0) is 16.4. The number of aryl methyl sites for hydroxylation is 2. The van der Waals surface area contributed by atoms with Gasteiger partial charge in [0.15, 0.2) is 0 Å². The molecule has 1 aromatic heterocycles. The summed E-state index contributed by atoms with van der Waals surface area (Å²) in [4.78, 5) is 14.6. The molecule has 23 heavy (non-hydrogen) atoms. The highest BCUT2D eigenvalue weighted by Gasteiger charge is 2.29. The van der Waals surface area contributed by atoms with Gasteiger partial charge in [0.25, 0.3) is 0 Å². The third-order valence-corrected chi connectivity index (χ3v) is 4.75. The normalized spacial score (nSPS) is 18.3. The van der Waals surface area contributed by atoms with E-state index >= 15 is 0 Å². The van der Waals surface area contributed by atoms with Gasteiger partial charge >= 0.3 is 0 Å². The monoisotopic (exact) mass is 331 g/mol. The predicted octanol–water partition coefficient (Wildman–Crippen LogP) is 3.76. The summed E-state index contributed by atoms with van der Waals surface area (Å²) < 4.78 is 2.14. The van der Waals surface area contributed by atoms with Crippen LogP contribution >= 0.6 is 11.6 Å². The van der Waals surface area contributed by atoms with Crippen LogP contribution in [-0.4, -0.2) is 28.5 Å². The highest BCUT2D eigenvalue weighted by atomic mass is 35.5. The van der Waals surface area contributed by atoms with Gasteiger partial charge in [-0.05, 0) is 56.1 Å². The fourth-order valence-corrected chi connectivity index (χ4v) is 3.55. The number of amides is 1. The molecule has 5 heteroatoms. The minimum Gasteiger partial charge on any atom is -0.353 e. The Balaban J connectivity index is 1.66. The van der Waals surface area contributed by atoms with E-state index in [1.54, 1.807) is 0 Å². The SMILES string of the molecule is Cc1ccc(NC(=O)CN2CCC[C@@H]2c2cccn2C)c(Cl)c1. The maximum Gasteiger partial charge on any atom is 0.238 e. The number of nitrogens with zero attached hydrogens (tertiary/aromatic N) is 2. The van der Waals surface area contributed by atoms with E-state index in [1.165, 1.54) is 5.69 Å². The number of hydrogen-bond donors (Lipinski definition) is 1. The summed E-state index contributed by atoms with van der Waals surface area (Å²) in [6.45, 7) is 3.32. The molecular formula is C18H22ClN3O. The summed E-state index contributed by atoms with van der Waals surface area (Å²) in [6, 6.07) is 10.2. The van der Waals surface area contributed by atoms with Crippen molar-refractivity contribution in [1.29, 1.82) is 0 Å². The summed E-state index contributed by atoms with van der Waals surface area (Å²) in [5, 5.41) is 3.51. The Bertz CT molecular complexity index is 710. The summed E-state index contributed by atoms with van der Waals surface area (Å²) in [5.41, 5.74) is 3.02. The van der Waals surface area contributed by atoms with Crippen LogP contribution in [0.1, 0.15) is 30.1 Å². The summed E-state index contributed by atoms with van der Waals surface area (Å²) in [7, 11) is 2.05. The van der Waals surface area contributed by atoms with Crippen LogP contribution in [0.4, 0.5) is 5.69 Å². The average molecular weight is 332 g/mol. The molecule has 3 rings (SSSR count). The Labute approximate surface area is 142 Å².